The molecule has 1 atom stereocenters. The van der Waals surface area contributed by atoms with E-state index in [9.17, 15) is 18.3 Å². The molecule has 0 heterocycles. The molecule has 3 nitrogen and oxygen atoms in total. The third-order valence-corrected chi connectivity index (χ3v) is 3.18. The molecular formula is C14H19BrF3NO2. The summed E-state index contributed by atoms with van der Waals surface area (Å²) in [6, 6.07) is 7.26. The summed E-state index contributed by atoms with van der Waals surface area (Å²) in [5.41, 5.74) is 0. The Morgan fingerprint density at radius 2 is 2.05 bits per heavy atom. The van der Waals surface area contributed by atoms with Gasteiger partial charge in [-0.2, -0.15) is 13.2 Å². The predicted molar refractivity (Wildman–Crippen MR) is 78.4 cm³/mol. The summed E-state index contributed by atoms with van der Waals surface area (Å²) >= 11 is 3.31. The first-order valence-corrected chi connectivity index (χ1v) is 7.50. The maximum Gasteiger partial charge on any atom is 0.389 e. The van der Waals surface area contributed by atoms with Crippen molar-refractivity contribution >= 4 is 15.9 Å². The number of hydrogen-bond donors (Lipinski definition) is 2. The second-order valence-corrected chi connectivity index (χ2v) is 5.61. The van der Waals surface area contributed by atoms with Gasteiger partial charge in [0.1, 0.15) is 18.5 Å². The quantitative estimate of drug-likeness (QED) is 0.654. The molecule has 0 aromatic heterocycles. The van der Waals surface area contributed by atoms with Gasteiger partial charge in [0.15, 0.2) is 0 Å². The number of unbranched alkanes of at least 4 members (excludes halogenated alkanes) is 1. The van der Waals surface area contributed by atoms with Crippen molar-refractivity contribution in [1.29, 1.82) is 0 Å². The maximum absolute atomic E-state index is 11.9. The number of ether oxygens (including phenoxy) is 1. The van der Waals surface area contributed by atoms with Crippen molar-refractivity contribution < 1.29 is 23.0 Å². The van der Waals surface area contributed by atoms with E-state index in [0.29, 0.717) is 25.3 Å². The van der Waals surface area contributed by atoms with Crippen LogP contribution in [0.3, 0.4) is 0 Å². The molecule has 0 spiro atoms. The van der Waals surface area contributed by atoms with Crippen molar-refractivity contribution in [2.75, 3.05) is 19.7 Å². The van der Waals surface area contributed by atoms with Crippen LogP contribution in [0, 0.1) is 0 Å². The molecule has 2 N–H and O–H groups in total. The van der Waals surface area contributed by atoms with Crippen LogP contribution < -0.4 is 10.1 Å². The number of rotatable bonds is 9. The van der Waals surface area contributed by atoms with Gasteiger partial charge in [-0.25, -0.2) is 0 Å². The van der Waals surface area contributed by atoms with E-state index >= 15 is 0 Å². The topological polar surface area (TPSA) is 41.5 Å². The van der Waals surface area contributed by atoms with E-state index in [4.69, 9.17) is 4.74 Å². The van der Waals surface area contributed by atoms with Crippen LogP contribution in [0.1, 0.15) is 19.3 Å². The lowest BCUT2D eigenvalue weighted by atomic mass is 10.2. The monoisotopic (exact) mass is 369 g/mol. The second kappa shape index (κ2) is 9.27. The Bertz CT molecular complexity index is 415. The first-order valence-electron chi connectivity index (χ1n) is 6.71. The van der Waals surface area contributed by atoms with Crippen LogP contribution >= 0.6 is 15.9 Å². The van der Waals surface area contributed by atoms with Crippen molar-refractivity contribution in [3.63, 3.8) is 0 Å². The summed E-state index contributed by atoms with van der Waals surface area (Å²) in [5.74, 6) is 0.647. The molecule has 1 rings (SSSR count). The number of hydrogen-bond acceptors (Lipinski definition) is 3. The standard InChI is InChI=1S/C14H19BrF3NO2/c15-11-4-3-5-13(8-11)21-10-12(20)9-19-7-2-1-6-14(16,17)18/h3-5,8,12,19-20H,1-2,6-7,9-10H2. The smallest absolute Gasteiger partial charge is 0.389 e. The molecule has 0 aliphatic rings. The fraction of sp³-hybridized carbons (Fsp3) is 0.571. The normalized spacial score (nSPS) is 13.2. The summed E-state index contributed by atoms with van der Waals surface area (Å²) in [7, 11) is 0. The van der Waals surface area contributed by atoms with Crippen LogP contribution in [0.5, 0.6) is 5.75 Å². The molecule has 0 amide bonds. The van der Waals surface area contributed by atoms with Crippen molar-refractivity contribution in [2.24, 2.45) is 0 Å². The van der Waals surface area contributed by atoms with Gasteiger partial charge in [-0.1, -0.05) is 22.0 Å². The SMILES string of the molecule is OC(CNCCCCC(F)(F)F)COc1cccc(Br)c1. The van der Waals surface area contributed by atoms with Crippen LogP contribution in [0.25, 0.3) is 0 Å². The highest BCUT2D eigenvalue weighted by atomic mass is 79.9. The minimum atomic E-state index is -4.09. The summed E-state index contributed by atoms with van der Waals surface area (Å²) in [6.45, 7) is 0.871. The zero-order chi connectivity index (χ0) is 15.7. The fourth-order valence-corrected chi connectivity index (χ4v) is 2.03. The van der Waals surface area contributed by atoms with E-state index in [2.05, 4.69) is 21.2 Å². The van der Waals surface area contributed by atoms with Crippen LogP contribution in [-0.4, -0.2) is 37.1 Å². The van der Waals surface area contributed by atoms with E-state index in [0.717, 1.165) is 4.47 Å². The Morgan fingerprint density at radius 1 is 1.29 bits per heavy atom. The average Bonchev–Trinajstić information content (AvgIpc) is 2.39. The third-order valence-electron chi connectivity index (χ3n) is 2.68. The van der Waals surface area contributed by atoms with Crippen LogP contribution in [0.15, 0.2) is 28.7 Å². The van der Waals surface area contributed by atoms with Crippen LogP contribution in [-0.2, 0) is 0 Å². The van der Waals surface area contributed by atoms with Gasteiger partial charge in [0.05, 0.1) is 0 Å². The molecule has 1 aromatic rings. The summed E-state index contributed by atoms with van der Waals surface area (Å²) in [6.07, 6.45) is -5.02. The molecule has 0 radical (unpaired) electrons. The van der Waals surface area contributed by atoms with Crippen LogP contribution in [0.2, 0.25) is 0 Å². The Labute approximate surface area is 130 Å². The molecule has 0 saturated carbocycles. The Kier molecular flexibility index (Phi) is 8.06. The maximum atomic E-state index is 11.9. The van der Waals surface area contributed by atoms with Crippen LogP contribution in [0.4, 0.5) is 13.2 Å². The summed E-state index contributed by atoms with van der Waals surface area (Å²) in [5, 5.41) is 12.6. The first-order chi connectivity index (χ1) is 9.87. The highest BCUT2D eigenvalue weighted by Gasteiger charge is 2.25. The van der Waals surface area contributed by atoms with Gasteiger partial charge in [0.2, 0.25) is 0 Å². The molecule has 1 aromatic carbocycles. The Hall–Kier alpha value is -0.790. The zero-order valence-corrected chi connectivity index (χ0v) is 13.1. The van der Waals surface area contributed by atoms with E-state index < -0.39 is 18.7 Å². The molecular weight excluding hydrogens is 351 g/mol. The molecule has 7 heteroatoms. The lowest BCUT2D eigenvalue weighted by Gasteiger charge is -2.13. The van der Waals surface area contributed by atoms with Gasteiger partial charge in [-0.05, 0) is 37.6 Å². The van der Waals surface area contributed by atoms with Gasteiger partial charge >= 0.3 is 6.18 Å². The summed E-state index contributed by atoms with van der Waals surface area (Å²) < 4.78 is 42.0. The van der Waals surface area contributed by atoms with Crippen molar-refractivity contribution in [3.8, 4) is 5.75 Å². The molecule has 0 aliphatic heterocycles. The predicted octanol–water partition coefficient (Wildman–Crippen LogP) is 3.51. The zero-order valence-electron chi connectivity index (χ0n) is 11.5. The molecule has 1 unspecified atom stereocenters. The van der Waals surface area contributed by atoms with Gasteiger partial charge in [0, 0.05) is 17.4 Å². The molecule has 0 bridgehead atoms. The molecule has 0 aliphatic carbocycles. The molecule has 0 saturated heterocycles. The molecule has 21 heavy (non-hydrogen) atoms. The molecule has 120 valence electrons. The Morgan fingerprint density at radius 3 is 2.71 bits per heavy atom. The van der Waals surface area contributed by atoms with Crippen molar-refractivity contribution in [3.05, 3.63) is 28.7 Å². The lowest BCUT2D eigenvalue weighted by molar-refractivity contribution is -0.135. The molecule has 0 fully saturated rings. The number of alkyl halides is 3. The van der Waals surface area contributed by atoms with Crippen molar-refractivity contribution in [1.82, 2.24) is 5.32 Å². The van der Waals surface area contributed by atoms with E-state index in [1.807, 2.05) is 12.1 Å². The van der Waals surface area contributed by atoms with Crippen molar-refractivity contribution in [2.45, 2.75) is 31.5 Å². The van der Waals surface area contributed by atoms with Gasteiger partial charge in [-0.15, -0.1) is 0 Å². The highest BCUT2D eigenvalue weighted by Crippen LogP contribution is 2.21. The van der Waals surface area contributed by atoms with E-state index in [1.54, 1.807) is 12.1 Å². The average molecular weight is 370 g/mol. The number of benzene rings is 1. The first kappa shape index (κ1) is 18.3. The summed E-state index contributed by atoms with van der Waals surface area (Å²) in [4.78, 5) is 0. The number of aliphatic hydroxyl groups excluding tert-OH is 1. The third kappa shape index (κ3) is 9.71. The Balaban J connectivity index is 2.05. The van der Waals surface area contributed by atoms with E-state index in [-0.39, 0.29) is 13.0 Å². The minimum absolute atomic E-state index is 0.0984. The van der Waals surface area contributed by atoms with Gasteiger partial charge in [-0.3, -0.25) is 0 Å². The van der Waals surface area contributed by atoms with Gasteiger partial charge < -0.3 is 15.2 Å². The minimum Gasteiger partial charge on any atom is -0.491 e. The number of aliphatic hydroxyl groups is 1. The fourth-order valence-electron chi connectivity index (χ4n) is 1.65. The largest absolute Gasteiger partial charge is 0.491 e. The number of nitrogens with one attached hydrogen (secondary N) is 1. The second-order valence-electron chi connectivity index (χ2n) is 4.70. The van der Waals surface area contributed by atoms with Gasteiger partial charge in [0.25, 0.3) is 0 Å². The highest BCUT2D eigenvalue weighted by molar-refractivity contribution is 9.10. The number of halogens is 4. The van der Waals surface area contributed by atoms with E-state index in [1.165, 1.54) is 0 Å². The lowest BCUT2D eigenvalue weighted by Crippen LogP contribution is -2.32.